The van der Waals surface area contributed by atoms with Crippen molar-refractivity contribution >= 4 is 0 Å². The van der Waals surface area contributed by atoms with Gasteiger partial charge in [-0.3, -0.25) is 4.79 Å². The first-order chi connectivity index (χ1) is 6.22. The summed E-state index contributed by atoms with van der Waals surface area (Å²) in [4.78, 5) is 18.0. The fraction of sp³-hybridized carbons (Fsp3) is 0.600. The van der Waals surface area contributed by atoms with Gasteiger partial charge in [-0.1, -0.05) is 19.8 Å². The molecule has 0 aliphatic rings. The molecule has 13 heavy (non-hydrogen) atoms. The van der Waals surface area contributed by atoms with Gasteiger partial charge in [0.15, 0.2) is 0 Å². The van der Waals surface area contributed by atoms with Crippen LogP contribution in [0.5, 0.6) is 0 Å². The standard InChI is InChI=1S/C10H16N2O/c1-3-4-5-6-9-11-8(2)7-10(13)12-9/h7H,3-6H2,1-2H3,(H,11,12,13). The molecular formula is C10H16N2O. The summed E-state index contributed by atoms with van der Waals surface area (Å²) < 4.78 is 0. The molecule has 1 aromatic heterocycles. The topological polar surface area (TPSA) is 45.8 Å². The number of nitrogens with zero attached hydrogens (tertiary/aromatic N) is 1. The summed E-state index contributed by atoms with van der Waals surface area (Å²) in [6, 6.07) is 1.52. The lowest BCUT2D eigenvalue weighted by molar-refractivity contribution is 0.689. The highest BCUT2D eigenvalue weighted by atomic mass is 16.1. The van der Waals surface area contributed by atoms with Crippen molar-refractivity contribution in [1.29, 1.82) is 0 Å². The molecular weight excluding hydrogens is 164 g/mol. The number of H-pyrrole nitrogens is 1. The third-order valence-corrected chi connectivity index (χ3v) is 1.94. The maximum atomic E-state index is 11.0. The van der Waals surface area contributed by atoms with Gasteiger partial charge in [-0.15, -0.1) is 0 Å². The van der Waals surface area contributed by atoms with E-state index in [1.807, 2.05) is 6.92 Å². The lowest BCUT2D eigenvalue weighted by Crippen LogP contribution is -2.11. The Morgan fingerprint density at radius 1 is 1.46 bits per heavy atom. The number of nitrogens with one attached hydrogen (secondary N) is 1. The van der Waals surface area contributed by atoms with Crippen LogP contribution in [0.4, 0.5) is 0 Å². The van der Waals surface area contributed by atoms with Crippen molar-refractivity contribution in [3.63, 3.8) is 0 Å². The van der Waals surface area contributed by atoms with E-state index in [1.54, 1.807) is 0 Å². The fourth-order valence-corrected chi connectivity index (χ4v) is 1.30. The summed E-state index contributed by atoms with van der Waals surface area (Å²) in [6.45, 7) is 4.00. The molecule has 0 unspecified atom stereocenters. The van der Waals surface area contributed by atoms with Crippen LogP contribution in [0.2, 0.25) is 0 Å². The fourth-order valence-electron chi connectivity index (χ4n) is 1.30. The predicted octanol–water partition coefficient (Wildman–Crippen LogP) is 1.81. The lowest BCUT2D eigenvalue weighted by atomic mass is 10.2. The third kappa shape index (κ3) is 3.40. The molecule has 0 fully saturated rings. The van der Waals surface area contributed by atoms with Crippen LogP contribution in [-0.2, 0) is 6.42 Å². The maximum Gasteiger partial charge on any atom is 0.251 e. The van der Waals surface area contributed by atoms with Gasteiger partial charge in [0.05, 0.1) is 0 Å². The highest BCUT2D eigenvalue weighted by Gasteiger charge is 1.97. The second kappa shape index (κ2) is 4.80. The van der Waals surface area contributed by atoms with E-state index in [1.165, 1.54) is 18.9 Å². The summed E-state index contributed by atoms with van der Waals surface area (Å²) in [5.74, 6) is 0.818. The van der Waals surface area contributed by atoms with Gasteiger partial charge in [-0.05, 0) is 13.3 Å². The van der Waals surface area contributed by atoms with Crippen LogP contribution in [0.1, 0.15) is 37.7 Å². The first kappa shape index (κ1) is 9.96. The monoisotopic (exact) mass is 180 g/mol. The molecule has 0 saturated heterocycles. The van der Waals surface area contributed by atoms with E-state index in [-0.39, 0.29) is 5.56 Å². The zero-order valence-corrected chi connectivity index (χ0v) is 8.26. The number of aromatic nitrogens is 2. The third-order valence-electron chi connectivity index (χ3n) is 1.94. The summed E-state index contributed by atoms with van der Waals surface area (Å²) in [5, 5.41) is 0. The zero-order chi connectivity index (χ0) is 9.68. The first-order valence-corrected chi connectivity index (χ1v) is 4.79. The molecule has 1 rings (SSSR count). The average molecular weight is 180 g/mol. The highest BCUT2D eigenvalue weighted by molar-refractivity contribution is 5.00. The Morgan fingerprint density at radius 3 is 2.85 bits per heavy atom. The normalized spacial score (nSPS) is 10.3. The van der Waals surface area contributed by atoms with E-state index in [9.17, 15) is 4.79 Å². The minimum atomic E-state index is -0.0426. The Morgan fingerprint density at radius 2 is 2.23 bits per heavy atom. The number of aromatic amines is 1. The van der Waals surface area contributed by atoms with E-state index in [0.29, 0.717) is 0 Å². The van der Waals surface area contributed by atoms with Crippen LogP contribution in [0, 0.1) is 6.92 Å². The van der Waals surface area contributed by atoms with E-state index in [2.05, 4.69) is 16.9 Å². The van der Waals surface area contributed by atoms with Gasteiger partial charge < -0.3 is 4.98 Å². The van der Waals surface area contributed by atoms with Crippen molar-refractivity contribution in [2.45, 2.75) is 39.5 Å². The predicted molar refractivity (Wildman–Crippen MR) is 52.8 cm³/mol. The van der Waals surface area contributed by atoms with Gasteiger partial charge in [-0.25, -0.2) is 4.98 Å². The van der Waals surface area contributed by atoms with E-state index < -0.39 is 0 Å². The van der Waals surface area contributed by atoms with Crippen LogP contribution in [-0.4, -0.2) is 9.97 Å². The molecule has 72 valence electrons. The van der Waals surface area contributed by atoms with Crippen LogP contribution in [0.3, 0.4) is 0 Å². The van der Waals surface area contributed by atoms with Crippen LogP contribution in [0.25, 0.3) is 0 Å². The Bertz CT molecular complexity index is 317. The molecule has 0 bridgehead atoms. The van der Waals surface area contributed by atoms with Gasteiger partial charge in [0.1, 0.15) is 5.82 Å². The zero-order valence-electron chi connectivity index (χ0n) is 8.26. The van der Waals surface area contributed by atoms with Crippen LogP contribution >= 0.6 is 0 Å². The Labute approximate surface area is 78.2 Å². The van der Waals surface area contributed by atoms with Gasteiger partial charge in [0.25, 0.3) is 5.56 Å². The van der Waals surface area contributed by atoms with E-state index in [4.69, 9.17) is 0 Å². The molecule has 0 spiro atoms. The van der Waals surface area contributed by atoms with Crippen LogP contribution < -0.4 is 5.56 Å². The largest absolute Gasteiger partial charge is 0.311 e. The van der Waals surface area contributed by atoms with Gasteiger partial charge >= 0.3 is 0 Å². The Balaban J connectivity index is 2.61. The van der Waals surface area contributed by atoms with Crippen molar-refractivity contribution in [3.05, 3.63) is 27.9 Å². The maximum absolute atomic E-state index is 11.0. The molecule has 0 atom stereocenters. The molecule has 1 heterocycles. The molecule has 3 heteroatoms. The van der Waals surface area contributed by atoms with Crippen molar-refractivity contribution in [2.75, 3.05) is 0 Å². The molecule has 1 N–H and O–H groups in total. The molecule has 0 aliphatic heterocycles. The van der Waals surface area contributed by atoms with Gasteiger partial charge in [-0.2, -0.15) is 0 Å². The SMILES string of the molecule is CCCCCc1nc(C)cc(=O)[nH]1. The number of hydrogen-bond donors (Lipinski definition) is 1. The summed E-state index contributed by atoms with van der Waals surface area (Å²) in [7, 11) is 0. The number of unbranched alkanes of at least 4 members (excludes halogenated alkanes) is 2. The smallest absolute Gasteiger partial charge is 0.251 e. The van der Waals surface area contributed by atoms with Crippen molar-refractivity contribution in [3.8, 4) is 0 Å². The number of aryl methyl sites for hydroxylation is 2. The lowest BCUT2D eigenvalue weighted by Gasteiger charge is -2.00. The molecule has 0 aromatic carbocycles. The Hall–Kier alpha value is -1.12. The molecule has 0 aliphatic carbocycles. The van der Waals surface area contributed by atoms with E-state index in [0.717, 1.165) is 24.4 Å². The Kier molecular flexibility index (Phi) is 3.68. The van der Waals surface area contributed by atoms with Crippen LogP contribution in [0.15, 0.2) is 10.9 Å². The number of rotatable bonds is 4. The second-order valence-electron chi connectivity index (χ2n) is 3.29. The molecule has 0 saturated carbocycles. The molecule has 1 aromatic rings. The number of hydrogen-bond acceptors (Lipinski definition) is 2. The molecule has 0 radical (unpaired) electrons. The summed E-state index contributed by atoms with van der Waals surface area (Å²) in [5.41, 5.74) is 0.759. The van der Waals surface area contributed by atoms with Crippen molar-refractivity contribution in [2.24, 2.45) is 0 Å². The minimum Gasteiger partial charge on any atom is -0.311 e. The molecule has 0 amide bonds. The highest BCUT2D eigenvalue weighted by Crippen LogP contribution is 2.00. The van der Waals surface area contributed by atoms with Crippen molar-refractivity contribution in [1.82, 2.24) is 9.97 Å². The van der Waals surface area contributed by atoms with E-state index >= 15 is 0 Å². The average Bonchev–Trinajstić information content (AvgIpc) is 2.03. The van der Waals surface area contributed by atoms with Crippen molar-refractivity contribution < 1.29 is 0 Å². The summed E-state index contributed by atoms with van der Waals surface area (Å²) >= 11 is 0. The summed E-state index contributed by atoms with van der Waals surface area (Å²) in [6.07, 6.45) is 4.36. The quantitative estimate of drug-likeness (QED) is 0.718. The van der Waals surface area contributed by atoms with Gasteiger partial charge in [0.2, 0.25) is 0 Å². The molecule has 3 nitrogen and oxygen atoms in total. The second-order valence-corrected chi connectivity index (χ2v) is 3.29. The minimum absolute atomic E-state index is 0.0426. The first-order valence-electron chi connectivity index (χ1n) is 4.79. The van der Waals surface area contributed by atoms with Gasteiger partial charge in [0, 0.05) is 18.2 Å².